The van der Waals surface area contributed by atoms with E-state index in [9.17, 15) is 8.78 Å². The van der Waals surface area contributed by atoms with Crippen molar-refractivity contribution >= 4 is 34.2 Å². The maximum Gasteiger partial charge on any atom is 0.281 e. The van der Waals surface area contributed by atoms with Crippen molar-refractivity contribution in [3.63, 3.8) is 0 Å². The molecular weight excluding hydrogens is 326 g/mol. The highest BCUT2D eigenvalue weighted by molar-refractivity contribution is 14.1. The molecule has 0 aliphatic heterocycles. The summed E-state index contributed by atoms with van der Waals surface area (Å²) in [6.07, 6.45) is -2.64. The van der Waals surface area contributed by atoms with Gasteiger partial charge in [0.25, 0.3) is 6.43 Å². The SMILES string of the molecule is OCc1cc(CCl)c(I)c(C(F)F)n1. The van der Waals surface area contributed by atoms with Crippen molar-refractivity contribution in [1.82, 2.24) is 4.98 Å². The van der Waals surface area contributed by atoms with E-state index in [1.165, 1.54) is 6.07 Å². The van der Waals surface area contributed by atoms with Gasteiger partial charge in [-0.15, -0.1) is 11.6 Å². The first-order chi connectivity index (χ1) is 6.60. The van der Waals surface area contributed by atoms with Crippen LogP contribution >= 0.6 is 34.2 Å². The van der Waals surface area contributed by atoms with Crippen molar-refractivity contribution in [2.75, 3.05) is 0 Å². The minimum absolute atomic E-state index is 0.132. The molecule has 78 valence electrons. The molecule has 0 aromatic carbocycles. The summed E-state index contributed by atoms with van der Waals surface area (Å²) < 4.78 is 25.3. The van der Waals surface area contributed by atoms with Crippen molar-refractivity contribution in [2.24, 2.45) is 0 Å². The van der Waals surface area contributed by atoms with Gasteiger partial charge in [-0.25, -0.2) is 13.8 Å². The van der Waals surface area contributed by atoms with Gasteiger partial charge in [-0.05, 0) is 34.2 Å². The van der Waals surface area contributed by atoms with Crippen LogP contribution in [-0.2, 0) is 12.5 Å². The van der Waals surface area contributed by atoms with Crippen molar-refractivity contribution in [3.8, 4) is 0 Å². The third-order valence-electron chi connectivity index (χ3n) is 1.62. The van der Waals surface area contributed by atoms with Crippen LogP contribution in [0.15, 0.2) is 6.07 Å². The molecule has 1 rings (SSSR count). The molecule has 0 aliphatic carbocycles. The molecule has 0 saturated heterocycles. The maximum atomic E-state index is 12.5. The fraction of sp³-hybridized carbons (Fsp3) is 0.375. The van der Waals surface area contributed by atoms with Crippen LogP contribution in [0.1, 0.15) is 23.4 Å². The Morgan fingerprint density at radius 1 is 1.57 bits per heavy atom. The van der Waals surface area contributed by atoms with Crippen LogP contribution in [-0.4, -0.2) is 10.1 Å². The zero-order chi connectivity index (χ0) is 10.7. The third-order valence-corrected chi connectivity index (χ3v) is 3.16. The number of rotatable bonds is 3. The minimum Gasteiger partial charge on any atom is -0.390 e. The smallest absolute Gasteiger partial charge is 0.281 e. The predicted molar refractivity (Wildman–Crippen MR) is 57.4 cm³/mol. The molecule has 14 heavy (non-hydrogen) atoms. The number of alkyl halides is 3. The van der Waals surface area contributed by atoms with Gasteiger partial charge in [0.1, 0.15) is 5.69 Å². The summed E-state index contributed by atoms with van der Waals surface area (Å²) in [6.45, 7) is -0.361. The Balaban J connectivity index is 3.27. The summed E-state index contributed by atoms with van der Waals surface area (Å²) in [5, 5.41) is 8.80. The molecule has 0 unspecified atom stereocenters. The van der Waals surface area contributed by atoms with Gasteiger partial charge >= 0.3 is 0 Å². The van der Waals surface area contributed by atoms with Crippen LogP contribution in [0.5, 0.6) is 0 Å². The van der Waals surface area contributed by atoms with Crippen LogP contribution in [0.4, 0.5) is 8.78 Å². The molecule has 0 atom stereocenters. The van der Waals surface area contributed by atoms with E-state index in [2.05, 4.69) is 4.98 Å². The topological polar surface area (TPSA) is 33.1 Å². The zero-order valence-electron chi connectivity index (χ0n) is 6.98. The molecule has 0 bridgehead atoms. The number of hydrogen-bond acceptors (Lipinski definition) is 2. The number of aliphatic hydroxyl groups excluding tert-OH is 1. The Hall–Kier alpha value is -0.0100. The van der Waals surface area contributed by atoms with Gasteiger partial charge in [-0.3, -0.25) is 0 Å². The van der Waals surface area contributed by atoms with E-state index in [4.69, 9.17) is 16.7 Å². The molecule has 0 saturated carbocycles. The number of halogens is 4. The number of nitrogens with zero attached hydrogens (tertiary/aromatic N) is 1. The van der Waals surface area contributed by atoms with Crippen molar-refractivity contribution in [2.45, 2.75) is 18.9 Å². The van der Waals surface area contributed by atoms with Crippen LogP contribution in [0.3, 0.4) is 0 Å². The number of aliphatic hydroxyl groups is 1. The second-order valence-corrected chi connectivity index (χ2v) is 3.91. The first kappa shape index (κ1) is 12.1. The lowest BCUT2D eigenvalue weighted by Gasteiger charge is -2.08. The van der Waals surface area contributed by atoms with Gasteiger partial charge < -0.3 is 5.11 Å². The van der Waals surface area contributed by atoms with E-state index in [0.717, 1.165) is 0 Å². The second-order valence-electron chi connectivity index (χ2n) is 2.56. The largest absolute Gasteiger partial charge is 0.390 e. The summed E-state index contributed by atoms with van der Waals surface area (Å²) in [7, 11) is 0. The zero-order valence-corrected chi connectivity index (χ0v) is 9.89. The molecule has 0 aliphatic rings. The molecule has 1 N–H and O–H groups in total. The van der Waals surface area contributed by atoms with Crippen LogP contribution in [0.25, 0.3) is 0 Å². The number of aromatic nitrogens is 1. The molecule has 6 heteroatoms. The normalized spacial score (nSPS) is 11.0. The summed E-state index contributed by atoms with van der Waals surface area (Å²) in [5.74, 6) is 0.132. The summed E-state index contributed by atoms with van der Waals surface area (Å²) in [6, 6.07) is 1.53. The van der Waals surface area contributed by atoms with E-state index >= 15 is 0 Å². The Morgan fingerprint density at radius 2 is 2.21 bits per heavy atom. The third kappa shape index (κ3) is 2.52. The van der Waals surface area contributed by atoms with E-state index in [1.807, 2.05) is 0 Å². The molecule has 0 spiro atoms. The van der Waals surface area contributed by atoms with Gasteiger partial charge in [0.2, 0.25) is 0 Å². The maximum absolute atomic E-state index is 12.5. The van der Waals surface area contributed by atoms with Crippen molar-refractivity contribution in [1.29, 1.82) is 0 Å². The van der Waals surface area contributed by atoms with Gasteiger partial charge in [0.15, 0.2) is 0 Å². The van der Waals surface area contributed by atoms with Crippen molar-refractivity contribution in [3.05, 3.63) is 26.6 Å². The highest BCUT2D eigenvalue weighted by Crippen LogP contribution is 2.26. The Morgan fingerprint density at radius 3 is 2.64 bits per heavy atom. The second kappa shape index (κ2) is 5.18. The highest BCUT2D eigenvalue weighted by Gasteiger charge is 2.17. The summed E-state index contributed by atoms with van der Waals surface area (Å²) >= 11 is 7.36. The number of pyridine rings is 1. The van der Waals surface area contributed by atoms with E-state index < -0.39 is 6.43 Å². The Bertz CT molecular complexity index is 335. The fourth-order valence-electron chi connectivity index (χ4n) is 0.988. The lowest BCUT2D eigenvalue weighted by molar-refractivity contribution is 0.144. The minimum atomic E-state index is -2.64. The average molecular weight is 334 g/mol. The van der Waals surface area contributed by atoms with Gasteiger partial charge in [0, 0.05) is 9.45 Å². The highest BCUT2D eigenvalue weighted by atomic mass is 127. The molecule has 1 aromatic heterocycles. The average Bonchev–Trinajstić information content (AvgIpc) is 2.17. The summed E-state index contributed by atoms with van der Waals surface area (Å²) in [4.78, 5) is 3.63. The molecule has 0 fully saturated rings. The van der Waals surface area contributed by atoms with E-state index in [0.29, 0.717) is 9.13 Å². The fourth-order valence-corrected chi connectivity index (χ4v) is 2.13. The van der Waals surface area contributed by atoms with Crippen LogP contribution in [0, 0.1) is 3.57 Å². The van der Waals surface area contributed by atoms with Gasteiger partial charge in [-0.2, -0.15) is 0 Å². The first-order valence-electron chi connectivity index (χ1n) is 3.73. The molecular formula is C8H7ClF2INO. The Kier molecular flexibility index (Phi) is 4.46. The monoisotopic (exact) mass is 333 g/mol. The van der Waals surface area contributed by atoms with Crippen LogP contribution < -0.4 is 0 Å². The van der Waals surface area contributed by atoms with Crippen molar-refractivity contribution < 1.29 is 13.9 Å². The van der Waals surface area contributed by atoms with Gasteiger partial charge in [0.05, 0.1) is 12.3 Å². The molecule has 1 heterocycles. The Labute approximate surface area is 98.4 Å². The molecule has 0 radical (unpaired) electrons. The van der Waals surface area contributed by atoms with E-state index in [1.54, 1.807) is 22.6 Å². The van der Waals surface area contributed by atoms with E-state index in [-0.39, 0.29) is 23.9 Å². The molecule has 0 amide bonds. The van der Waals surface area contributed by atoms with Crippen LogP contribution in [0.2, 0.25) is 0 Å². The molecule has 2 nitrogen and oxygen atoms in total. The van der Waals surface area contributed by atoms with Gasteiger partial charge in [-0.1, -0.05) is 0 Å². The number of hydrogen-bond donors (Lipinski definition) is 1. The molecule has 1 aromatic rings. The standard InChI is InChI=1S/C8H7ClF2INO/c9-2-4-1-5(3-14)13-7(6(4)12)8(10)11/h1,8,14H,2-3H2. The summed E-state index contributed by atoms with van der Waals surface area (Å²) in [5.41, 5.74) is 0.478. The quantitative estimate of drug-likeness (QED) is 0.681. The lowest BCUT2D eigenvalue weighted by atomic mass is 10.2. The predicted octanol–water partition coefficient (Wildman–Crippen LogP) is 2.85. The first-order valence-corrected chi connectivity index (χ1v) is 5.34. The lowest BCUT2D eigenvalue weighted by Crippen LogP contribution is -2.03.